The van der Waals surface area contributed by atoms with Crippen molar-refractivity contribution in [2.75, 3.05) is 24.8 Å². The molecule has 2 N–H and O–H groups in total. The summed E-state index contributed by atoms with van der Waals surface area (Å²) in [5, 5.41) is 11.1. The molecule has 2 aromatic carbocycles. The number of ether oxygens (including phenoxy) is 2. The highest BCUT2D eigenvalue weighted by molar-refractivity contribution is 7.99. The summed E-state index contributed by atoms with van der Waals surface area (Å²) < 4.78 is 10.5. The lowest BCUT2D eigenvalue weighted by Crippen LogP contribution is -2.19. The molecule has 30 heavy (non-hydrogen) atoms. The van der Waals surface area contributed by atoms with Crippen LogP contribution in [0.25, 0.3) is 0 Å². The van der Waals surface area contributed by atoms with E-state index in [1.54, 1.807) is 31.4 Å². The number of aromatic nitrogens is 3. The highest BCUT2D eigenvalue weighted by Gasteiger charge is 2.09. The van der Waals surface area contributed by atoms with Crippen LogP contribution < -0.4 is 20.3 Å². The molecule has 156 valence electrons. The van der Waals surface area contributed by atoms with Crippen molar-refractivity contribution < 1.29 is 14.3 Å². The van der Waals surface area contributed by atoms with Crippen molar-refractivity contribution in [1.29, 1.82) is 0 Å². The summed E-state index contributed by atoms with van der Waals surface area (Å²) in [6.07, 6.45) is 0.357. The Morgan fingerprint density at radius 2 is 1.77 bits per heavy atom. The molecule has 3 rings (SSSR count). The second-order valence-corrected chi connectivity index (χ2v) is 7.19. The number of amides is 1. The van der Waals surface area contributed by atoms with E-state index in [1.807, 2.05) is 31.2 Å². The van der Waals surface area contributed by atoms with Crippen LogP contribution >= 0.6 is 11.8 Å². The van der Waals surface area contributed by atoms with Crippen molar-refractivity contribution in [3.8, 4) is 11.5 Å². The quantitative estimate of drug-likeness (QED) is 0.507. The Morgan fingerprint density at radius 3 is 2.40 bits per heavy atom. The molecule has 1 aromatic heterocycles. The molecule has 0 atom stereocenters. The third kappa shape index (κ3) is 6.08. The van der Waals surface area contributed by atoms with E-state index in [0.717, 1.165) is 28.8 Å². The van der Waals surface area contributed by atoms with Crippen molar-refractivity contribution in [2.45, 2.75) is 18.5 Å². The van der Waals surface area contributed by atoms with Crippen LogP contribution in [0.4, 0.5) is 5.69 Å². The maximum atomic E-state index is 12.3. The normalized spacial score (nSPS) is 10.5. The minimum atomic E-state index is -0.324. The van der Waals surface area contributed by atoms with Crippen molar-refractivity contribution in [1.82, 2.24) is 15.2 Å². The maximum Gasteiger partial charge on any atom is 0.273 e. The van der Waals surface area contributed by atoms with Crippen LogP contribution in [0, 0.1) is 0 Å². The first-order valence-corrected chi connectivity index (χ1v) is 10.3. The first kappa shape index (κ1) is 21.4. The van der Waals surface area contributed by atoms with Gasteiger partial charge in [0.25, 0.3) is 5.56 Å². The van der Waals surface area contributed by atoms with Gasteiger partial charge in [-0.2, -0.15) is 0 Å². The molecule has 0 aliphatic heterocycles. The van der Waals surface area contributed by atoms with E-state index in [0.29, 0.717) is 29.6 Å². The van der Waals surface area contributed by atoms with Gasteiger partial charge in [0.2, 0.25) is 5.91 Å². The van der Waals surface area contributed by atoms with E-state index in [2.05, 4.69) is 20.5 Å². The molecule has 0 fully saturated rings. The lowest BCUT2D eigenvalue weighted by molar-refractivity contribution is -0.113. The van der Waals surface area contributed by atoms with Crippen molar-refractivity contribution in [3.05, 3.63) is 70.1 Å². The van der Waals surface area contributed by atoms with E-state index < -0.39 is 0 Å². The second-order valence-electron chi connectivity index (χ2n) is 6.23. The Balaban J connectivity index is 1.53. The Kier molecular flexibility index (Phi) is 7.45. The SMILES string of the molecule is CCOc1ccc(NC(=O)CSc2nnc(Cc3ccc(OC)cc3)c(=O)[nH]2)cc1. The number of rotatable bonds is 9. The average molecular weight is 426 g/mol. The number of aromatic amines is 1. The van der Waals surface area contributed by atoms with Gasteiger partial charge in [0, 0.05) is 12.1 Å². The smallest absolute Gasteiger partial charge is 0.273 e. The van der Waals surface area contributed by atoms with Crippen molar-refractivity contribution in [2.24, 2.45) is 0 Å². The summed E-state index contributed by atoms with van der Waals surface area (Å²) in [7, 11) is 1.60. The molecule has 0 saturated heterocycles. The molecule has 1 heterocycles. The predicted octanol–water partition coefficient (Wildman–Crippen LogP) is 2.89. The summed E-state index contributed by atoms with van der Waals surface area (Å²) >= 11 is 1.11. The monoisotopic (exact) mass is 426 g/mol. The fraction of sp³-hybridized carbons (Fsp3) is 0.238. The second kappa shape index (κ2) is 10.4. The van der Waals surface area contributed by atoms with Gasteiger partial charge in [-0.1, -0.05) is 23.9 Å². The number of hydrogen-bond donors (Lipinski definition) is 2. The Morgan fingerprint density at radius 1 is 1.07 bits per heavy atom. The average Bonchev–Trinajstić information content (AvgIpc) is 2.76. The van der Waals surface area contributed by atoms with Crippen LogP contribution in [0.2, 0.25) is 0 Å². The third-order valence-electron chi connectivity index (χ3n) is 4.06. The fourth-order valence-electron chi connectivity index (χ4n) is 2.59. The standard InChI is InChI=1S/C21H22N4O4S/c1-3-29-17-10-6-15(7-11-17)22-19(26)13-30-21-23-20(27)18(24-25-21)12-14-4-8-16(28-2)9-5-14/h4-11H,3,12-13H2,1-2H3,(H,22,26)(H,23,25,27). The Bertz CT molecular complexity index is 1040. The first-order chi connectivity index (χ1) is 14.6. The molecule has 0 aliphatic rings. The number of hydrogen-bond acceptors (Lipinski definition) is 7. The number of anilines is 1. The topological polar surface area (TPSA) is 106 Å². The highest BCUT2D eigenvalue weighted by Crippen LogP contribution is 2.17. The minimum absolute atomic E-state index is 0.0929. The highest BCUT2D eigenvalue weighted by atomic mass is 32.2. The number of nitrogens with one attached hydrogen (secondary N) is 2. The van der Waals surface area contributed by atoms with Crippen molar-refractivity contribution >= 4 is 23.4 Å². The van der Waals surface area contributed by atoms with Gasteiger partial charge < -0.3 is 14.8 Å². The van der Waals surface area contributed by atoms with E-state index in [-0.39, 0.29) is 17.2 Å². The van der Waals surface area contributed by atoms with Gasteiger partial charge in [-0.25, -0.2) is 0 Å². The fourth-order valence-corrected chi connectivity index (χ4v) is 3.20. The molecule has 1 amide bonds. The number of H-pyrrole nitrogens is 1. The van der Waals surface area contributed by atoms with Gasteiger partial charge in [0.05, 0.1) is 19.5 Å². The molecule has 0 bridgehead atoms. The van der Waals surface area contributed by atoms with Crippen LogP contribution in [-0.2, 0) is 11.2 Å². The number of carbonyl (C=O) groups is 1. The van der Waals surface area contributed by atoms with Crippen LogP contribution in [0.15, 0.2) is 58.5 Å². The van der Waals surface area contributed by atoms with Gasteiger partial charge in [0.15, 0.2) is 5.16 Å². The van der Waals surface area contributed by atoms with Gasteiger partial charge in [0.1, 0.15) is 17.2 Å². The summed E-state index contributed by atoms with van der Waals surface area (Å²) in [6.45, 7) is 2.49. The molecule has 0 aliphatic carbocycles. The third-order valence-corrected chi connectivity index (χ3v) is 4.93. The molecule has 0 unspecified atom stereocenters. The molecule has 0 radical (unpaired) electrons. The first-order valence-electron chi connectivity index (χ1n) is 9.31. The zero-order valence-corrected chi connectivity index (χ0v) is 17.5. The van der Waals surface area contributed by atoms with Gasteiger partial charge in [-0.3, -0.25) is 14.6 Å². The zero-order valence-electron chi connectivity index (χ0n) is 16.7. The van der Waals surface area contributed by atoms with Crippen molar-refractivity contribution in [3.63, 3.8) is 0 Å². The van der Waals surface area contributed by atoms with E-state index in [1.165, 1.54) is 0 Å². The van der Waals surface area contributed by atoms with Crippen LogP contribution in [-0.4, -0.2) is 40.6 Å². The molecular weight excluding hydrogens is 404 g/mol. The zero-order chi connectivity index (χ0) is 21.3. The predicted molar refractivity (Wildman–Crippen MR) is 115 cm³/mol. The van der Waals surface area contributed by atoms with Crippen LogP contribution in [0.1, 0.15) is 18.2 Å². The van der Waals surface area contributed by atoms with Gasteiger partial charge >= 0.3 is 0 Å². The number of carbonyl (C=O) groups excluding carboxylic acids is 1. The molecular formula is C21H22N4O4S. The number of benzene rings is 2. The summed E-state index contributed by atoms with van der Waals surface area (Å²) in [5.74, 6) is 1.37. The summed E-state index contributed by atoms with van der Waals surface area (Å²) in [6, 6.07) is 14.5. The Labute approximate surface area is 178 Å². The van der Waals surface area contributed by atoms with E-state index in [9.17, 15) is 9.59 Å². The van der Waals surface area contributed by atoms with Gasteiger partial charge in [-0.15, -0.1) is 10.2 Å². The summed E-state index contributed by atoms with van der Waals surface area (Å²) in [4.78, 5) is 27.1. The number of thioether (sulfide) groups is 1. The minimum Gasteiger partial charge on any atom is -0.497 e. The lowest BCUT2D eigenvalue weighted by atomic mass is 10.1. The largest absolute Gasteiger partial charge is 0.497 e. The number of methoxy groups -OCH3 is 1. The van der Waals surface area contributed by atoms with Crippen LogP contribution in [0.3, 0.4) is 0 Å². The van der Waals surface area contributed by atoms with Crippen LogP contribution in [0.5, 0.6) is 11.5 Å². The molecule has 8 nitrogen and oxygen atoms in total. The van der Waals surface area contributed by atoms with Gasteiger partial charge in [-0.05, 0) is 48.9 Å². The molecule has 0 spiro atoms. The summed E-state index contributed by atoms with van der Waals surface area (Å²) in [5.41, 5.74) is 1.57. The van der Waals surface area contributed by atoms with E-state index >= 15 is 0 Å². The molecule has 3 aromatic rings. The Hall–Kier alpha value is -3.33. The number of nitrogens with zero attached hydrogens (tertiary/aromatic N) is 2. The van der Waals surface area contributed by atoms with E-state index in [4.69, 9.17) is 9.47 Å². The molecule has 9 heteroatoms. The lowest BCUT2D eigenvalue weighted by Gasteiger charge is -2.07. The maximum absolute atomic E-state index is 12.3. The molecule has 0 saturated carbocycles.